The van der Waals surface area contributed by atoms with Crippen LogP contribution in [0.1, 0.15) is 18.2 Å². The molecule has 1 unspecified atom stereocenters. The van der Waals surface area contributed by atoms with Gasteiger partial charge in [-0.2, -0.15) is 0 Å². The summed E-state index contributed by atoms with van der Waals surface area (Å²) >= 11 is 0. The first-order chi connectivity index (χ1) is 24.8. The molecule has 10 rings (SSSR count). The fraction of sp³-hybridized carbons (Fsp3) is 0.0444. The lowest BCUT2D eigenvalue weighted by molar-refractivity contribution is 0.764. The normalized spacial score (nSPS) is 14.4. The van der Waals surface area contributed by atoms with Crippen LogP contribution < -0.4 is 0 Å². The molecule has 6 aromatic carbocycles. The lowest BCUT2D eigenvalue weighted by atomic mass is 10.00. The van der Waals surface area contributed by atoms with E-state index in [1.807, 2.05) is 18.2 Å². The van der Waals surface area contributed by atoms with E-state index in [-0.39, 0.29) is 5.92 Å². The zero-order valence-corrected chi connectivity index (χ0v) is 27.2. The molecule has 0 spiro atoms. The van der Waals surface area contributed by atoms with Crippen LogP contribution in [0.15, 0.2) is 170 Å². The van der Waals surface area contributed by atoms with Crippen LogP contribution in [0.4, 0.5) is 0 Å². The van der Waals surface area contributed by atoms with Gasteiger partial charge in [-0.3, -0.25) is 0 Å². The third-order valence-corrected chi connectivity index (χ3v) is 9.88. The number of benzene rings is 6. The Kier molecular flexibility index (Phi) is 6.56. The first-order valence-corrected chi connectivity index (χ1v) is 17.1. The first-order valence-electron chi connectivity index (χ1n) is 17.1. The molecule has 0 radical (unpaired) electrons. The molecular weight excluding hydrogens is 611 g/mol. The second kappa shape index (κ2) is 11.5. The molecule has 0 N–H and O–H groups in total. The van der Waals surface area contributed by atoms with Gasteiger partial charge in [0.2, 0.25) is 0 Å². The minimum absolute atomic E-state index is 0.0674. The van der Waals surface area contributed by atoms with Crippen molar-refractivity contribution < 1.29 is 0 Å². The summed E-state index contributed by atoms with van der Waals surface area (Å²) in [5.41, 5.74) is 8.59. The van der Waals surface area contributed by atoms with E-state index in [1.165, 1.54) is 32.6 Å². The number of hydrogen-bond acceptors (Lipinski definition) is 3. The van der Waals surface area contributed by atoms with E-state index in [0.29, 0.717) is 11.6 Å². The number of nitrogens with zero attached hydrogens (tertiary/aromatic N) is 5. The van der Waals surface area contributed by atoms with Crippen LogP contribution in [-0.2, 0) is 0 Å². The summed E-state index contributed by atoms with van der Waals surface area (Å²) in [6.07, 6.45) is 9.39. The van der Waals surface area contributed by atoms with Crippen molar-refractivity contribution in [2.24, 2.45) is 0 Å². The van der Waals surface area contributed by atoms with Crippen molar-refractivity contribution in [3.63, 3.8) is 0 Å². The minimum Gasteiger partial charge on any atom is -0.309 e. The van der Waals surface area contributed by atoms with Crippen LogP contribution in [0.2, 0.25) is 0 Å². The second-order valence-electron chi connectivity index (χ2n) is 12.8. The van der Waals surface area contributed by atoms with Crippen LogP contribution >= 0.6 is 0 Å². The molecule has 236 valence electrons. The molecule has 0 aliphatic heterocycles. The van der Waals surface area contributed by atoms with Gasteiger partial charge in [0.1, 0.15) is 5.82 Å². The molecule has 3 aromatic heterocycles. The zero-order chi connectivity index (χ0) is 33.0. The van der Waals surface area contributed by atoms with E-state index in [0.717, 1.165) is 45.8 Å². The maximum absolute atomic E-state index is 5.25. The minimum atomic E-state index is 0.0674. The summed E-state index contributed by atoms with van der Waals surface area (Å²) in [5, 5.41) is 4.87. The van der Waals surface area contributed by atoms with E-state index in [2.05, 4.69) is 161 Å². The van der Waals surface area contributed by atoms with Crippen molar-refractivity contribution in [1.29, 1.82) is 0 Å². The van der Waals surface area contributed by atoms with Crippen LogP contribution in [0, 0.1) is 0 Å². The molecule has 0 saturated carbocycles. The molecule has 5 heteroatoms. The van der Waals surface area contributed by atoms with Crippen molar-refractivity contribution in [3.05, 3.63) is 176 Å². The lowest BCUT2D eigenvalue weighted by Gasteiger charge is -2.18. The number of rotatable bonds is 5. The average Bonchev–Trinajstić information content (AvgIpc) is 3.71. The van der Waals surface area contributed by atoms with Crippen molar-refractivity contribution >= 4 is 43.6 Å². The molecule has 9 aromatic rings. The molecule has 0 amide bonds. The van der Waals surface area contributed by atoms with Gasteiger partial charge in [0.15, 0.2) is 11.6 Å². The highest BCUT2D eigenvalue weighted by Gasteiger charge is 2.22. The maximum atomic E-state index is 5.25. The molecule has 0 fully saturated rings. The number of aromatic nitrogens is 5. The van der Waals surface area contributed by atoms with Gasteiger partial charge < -0.3 is 9.13 Å². The highest BCUT2D eigenvalue weighted by molar-refractivity contribution is 6.11. The first kappa shape index (κ1) is 28.4. The van der Waals surface area contributed by atoms with Gasteiger partial charge in [-0.1, -0.05) is 127 Å². The van der Waals surface area contributed by atoms with E-state index in [9.17, 15) is 0 Å². The van der Waals surface area contributed by atoms with Crippen LogP contribution in [0.3, 0.4) is 0 Å². The summed E-state index contributed by atoms with van der Waals surface area (Å²) in [6, 6.07) is 51.5. The van der Waals surface area contributed by atoms with Crippen molar-refractivity contribution in [3.8, 4) is 34.2 Å². The second-order valence-corrected chi connectivity index (χ2v) is 12.8. The van der Waals surface area contributed by atoms with E-state index >= 15 is 0 Å². The average molecular weight is 642 g/mol. The van der Waals surface area contributed by atoms with Crippen LogP contribution in [0.5, 0.6) is 0 Å². The smallest absolute Gasteiger partial charge is 0.165 e. The van der Waals surface area contributed by atoms with Crippen LogP contribution in [-0.4, -0.2) is 24.1 Å². The molecular formula is C45H31N5. The zero-order valence-electron chi connectivity index (χ0n) is 27.2. The monoisotopic (exact) mass is 641 g/mol. The van der Waals surface area contributed by atoms with Gasteiger partial charge in [0, 0.05) is 44.3 Å². The van der Waals surface area contributed by atoms with E-state index in [1.54, 1.807) is 0 Å². The van der Waals surface area contributed by atoms with Gasteiger partial charge in [-0.05, 0) is 48.9 Å². The van der Waals surface area contributed by atoms with E-state index in [4.69, 9.17) is 15.0 Å². The predicted molar refractivity (Wildman–Crippen MR) is 205 cm³/mol. The molecule has 0 saturated heterocycles. The Morgan fingerprint density at radius 2 is 1.02 bits per heavy atom. The lowest BCUT2D eigenvalue weighted by Crippen LogP contribution is -2.09. The number of hydrogen-bond donors (Lipinski definition) is 0. The largest absolute Gasteiger partial charge is 0.309 e. The Balaban J connectivity index is 1.30. The van der Waals surface area contributed by atoms with Gasteiger partial charge in [0.05, 0.1) is 27.8 Å². The van der Waals surface area contributed by atoms with Crippen molar-refractivity contribution in [2.45, 2.75) is 12.3 Å². The molecule has 50 heavy (non-hydrogen) atoms. The molecule has 0 bridgehead atoms. The summed E-state index contributed by atoms with van der Waals surface area (Å²) in [6.45, 7) is 0. The summed E-state index contributed by atoms with van der Waals surface area (Å²) < 4.78 is 4.76. The Hall–Kier alpha value is -6.59. The van der Waals surface area contributed by atoms with E-state index < -0.39 is 0 Å². The van der Waals surface area contributed by atoms with Gasteiger partial charge in [0.25, 0.3) is 0 Å². The third kappa shape index (κ3) is 4.51. The van der Waals surface area contributed by atoms with Gasteiger partial charge in [-0.25, -0.2) is 15.0 Å². The number of para-hydroxylation sites is 4. The number of allylic oxidation sites excluding steroid dienone is 4. The SMILES string of the molecule is C1=CCC(c2nc(-c3ccccc3)nc(-c3ccc(-n4c5ccccc5c5ccccc54)cc3-n3c4ccccc4c4ccccc43)n2)C=C1. The Labute approximate surface area is 289 Å². The summed E-state index contributed by atoms with van der Waals surface area (Å²) in [5.74, 6) is 2.17. The van der Waals surface area contributed by atoms with Crippen molar-refractivity contribution in [2.75, 3.05) is 0 Å². The summed E-state index contributed by atoms with van der Waals surface area (Å²) in [4.78, 5) is 15.5. The molecule has 5 nitrogen and oxygen atoms in total. The predicted octanol–water partition coefficient (Wildman–Crippen LogP) is 11.0. The fourth-order valence-electron chi connectivity index (χ4n) is 7.58. The standard InChI is InChI=1S/C45H31N5/c1-3-15-30(16-4-1)43-46-44(31-17-5-2-6-18-31)48-45(47-43)37-28-27-32(49-38-23-11-7-19-33(38)34-20-8-12-24-39(34)49)29-42(37)50-40-25-13-9-21-35(40)36-22-10-14-26-41(36)50/h1-17,19-29,31H,18H2. The van der Waals surface area contributed by atoms with Crippen LogP contribution in [0.25, 0.3) is 77.8 Å². The quantitative estimate of drug-likeness (QED) is 0.188. The van der Waals surface area contributed by atoms with Gasteiger partial charge >= 0.3 is 0 Å². The molecule has 1 atom stereocenters. The van der Waals surface area contributed by atoms with Gasteiger partial charge in [-0.15, -0.1) is 0 Å². The fourth-order valence-corrected chi connectivity index (χ4v) is 7.58. The molecule has 1 aliphatic carbocycles. The third-order valence-electron chi connectivity index (χ3n) is 9.88. The van der Waals surface area contributed by atoms with Crippen molar-refractivity contribution in [1.82, 2.24) is 24.1 Å². The highest BCUT2D eigenvalue weighted by Crippen LogP contribution is 2.39. The Morgan fingerprint density at radius 1 is 0.480 bits per heavy atom. The molecule has 1 aliphatic rings. The number of fused-ring (bicyclic) bond motifs is 6. The Bertz CT molecular complexity index is 2700. The maximum Gasteiger partial charge on any atom is 0.165 e. The Morgan fingerprint density at radius 3 is 1.60 bits per heavy atom. The highest BCUT2D eigenvalue weighted by atomic mass is 15.1. The topological polar surface area (TPSA) is 48.5 Å². The summed E-state index contributed by atoms with van der Waals surface area (Å²) in [7, 11) is 0. The molecule has 3 heterocycles.